The molecule has 0 aliphatic carbocycles. The summed E-state index contributed by atoms with van der Waals surface area (Å²) in [5.41, 5.74) is 0.0315. The van der Waals surface area contributed by atoms with Gasteiger partial charge in [0.1, 0.15) is 5.75 Å². The molecule has 86 valence electrons. The molecular weight excluding hydrogens is 222 g/mol. The van der Waals surface area contributed by atoms with Crippen molar-refractivity contribution in [1.29, 1.82) is 0 Å². The molecule has 0 radical (unpaired) electrons. The van der Waals surface area contributed by atoms with Crippen LogP contribution in [0.4, 0.5) is 4.39 Å². The Morgan fingerprint density at radius 2 is 2.19 bits per heavy atom. The smallest absolute Gasteiger partial charge is 0.508 e. The Bertz CT molecular complexity index is 385. The Hall–Kier alpha value is -1.64. The molecule has 0 heterocycles. The molecule has 0 atom stereocenters. The summed E-state index contributed by atoms with van der Waals surface area (Å²) < 4.78 is 21.9. The lowest BCUT2D eigenvalue weighted by Gasteiger charge is -2.08. The predicted octanol–water partition coefficient (Wildman–Crippen LogP) is 0.458. The maximum Gasteiger partial charge on any atom is 0.739 e. The molecule has 0 saturated carbocycles. The first kappa shape index (κ1) is 12.4. The minimum atomic E-state index is -2.04. The third-order valence-electron chi connectivity index (χ3n) is 1.67. The van der Waals surface area contributed by atoms with E-state index in [2.05, 4.69) is 14.2 Å². The molecule has 2 N–H and O–H groups in total. The zero-order chi connectivity index (χ0) is 12.1. The highest BCUT2D eigenvalue weighted by Crippen LogP contribution is 2.19. The van der Waals surface area contributed by atoms with Gasteiger partial charge in [-0.15, -0.1) is 0 Å². The van der Waals surface area contributed by atoms with E-state index in [1.807, 2.05) is 0 Å². The van der Waals surface area contributed by atoms with Gasteiger partial charge in [0.15, 0.2) is 5.82 Å². The molecule has 1 rings (SSSR count). The van der Waals surface area contributed by atoms with Crippen LogP contribution in [0.2, 0.25) is 0 Å². The van der Waals surface area contributed by atoms with Crippen LogP contribution < -0.4 is 4.65 Å². The van der Waals surface area contributed by atoms with E-state index in [1.165, 1.54) is 6.07 Å². The minimum Gasteiger partial charge on any atom is -0.508 e. The normalized spacial score (nSPS) is 9.75. The number of carbonyl (C=O) groups is 1. The molecule has 0 fully saturated rings. The molecular formula is C8H8BFO6. The van der Waals surface area contributed by atoms with Gasteiger partial charge in [0.25, 0.3) is 0 Å². The van der Waals surface area contributed by atoms with Crippen LogP contribution in [0.15, 0.2) is 18.2 Å². The van der Waals surface area contributed by atoms with E-state index in [0.29, 0.717) is 0 Å². The molecule has 1 aromatic carbocycles. The van der Waals surface area contributed by atoms with Gasteiger partial charge in [-0.1, -0.05) is 0 Å². The highest BCUT2D eigenvalue weighted by molar-refractivity contribution is 6.35. The lowest BCUT2D eigenvalue weighted by atomic mass is 10.2. The van der Waals surface area contributed by atoms with Crippen molar-refractivity contribution in [1.82, 2.24) is 0 Å². The summed E-state index contributed by atoms with van der Waals surface area (Å²) in [5.74, 6) is -1.97. The maximum atomic E-state index is 13.1. The van der Waals surface area contributed by atoms with Gasteiger partial charge in [-0.05, 0) is 18.2 Å². The summed E-state index contributed by atoms with van der Waals surface area (Å²) in [4.78, 5) is 14.5. The number of hydrogen-bond donors (Lipinski definition) is 2. The van der Waals surface area contributed by atoms with Gasteiger partial charge >= 0.3 is 13.3 Å². The van der Waals surface area contributed by atoms with Crippen molar-refractivity contribution < 1.29 is 33.7 Å². The molecule has 0 unspecified atom stereocenters. The number of hydrogen-bond acceptors (Lipinski definition) is 6. The second-order valence-electron chi connectivity index (χ2n) is 2.67. The van der Waals surface area contributed by atoms with Gasteiger partial charge in [-0.3, -0.25) is 5.26 Å². The van der Waals surface area contributed by atoms with E-state index >= 15 is 0 Å². The van der Waals surface area contributed by atoms with Crippen molar-refractivity contribution in [2.75, 3.05) is 7.11 Å². The first-order valence-electron chi connectivity index (χ1n) is 4.11. The molecule has 1 aromatic rings. The van der Waals surface area contributed by atoms with E-state index in [0.717, 1.165) is 19.2 Å². The largest absolute Gasteiger partial charge is 0.739 e. The Kier molecular flexibility index (Phi) is 4.23. The molecule has 16 heavy (non-hydrogen) atoms. The van der Waals surface area contributed by atoms with Crippen LogP contribution in [0.3, 0.4) is 0 Å². The topological polar surface area (TPSA) is 85.2 Å². The first-order chi connectivity index (χ1) is 7.58. The molecule has 0 spiro atoms. The zero-order valence-electron chi connectivity index (χ0n) is 8.21. The SMILES string of the molecule is COC(=O)c1ccc(F)c(OB(O)OO)c1. The summed E-state index contributed by atoms with van der Waals surface area (Å²) in [6, 6.07) is 3.13. The van der Waals surface area contributed by atoms with E-state index in [1.54, 1.807) is 0 Å². The second kappa shape index (κ2) is 5.45. The molecule has 8 heteroatoms. The van der Waals surface area contributed by atoms with Crippen molar-refractivity contribution in [2.45, 2.75) is 0 Å². The third kappa shape index (κ3) is 2.93. The van der Waals surface area contributed by atoms with Gasteiger partial charge in [0, 0.05) is 0 Å². The Morgan fingerprint density at radius 1 is 1.50 bits per heavy atom. The van der Waals surface area contributed by atoms with Gasteiger partial charge in [0.2, 0.25) is 0 Å². The van der Waals surface area contributed by atoms with Crippen molar-refractivity contribution in [3.63, 3.8) is 0 Å². The molecule has 0 aliphatic rings. The van der Waals surface area contributed by atoms with Gasteiger partial charge in [0.05, 0.1) is 12.7 Å². The molecule has 0 aromatic heterocycles. The number of rotatable bonds is 4. The number of carbonyl (C=O) groups excluding carboxylic acids is 1. The number of benzene rings is 1. The fourth-order valence-corrected chi connectivity index (χ4v) is 0.969. The number of methoxy groups -OCH3 is 1. The van der Waals surface area contributed by atoms with Crippen molar-refractivity contribution in [3.05, 3.63) is 29.6 Å². The summed E-state index contributed by atoms with van der Waals surface area (Å²) in [5, 5.41) is 16.8. The van der Waals surface area contributed by atoms with Crippen LogP contribution in [-0.4, -0.2) is 30.7 Å². The third-order valence-corrected chi connectivity index (χ3v) is 1.67. The van der Waals surface area contributed by atoms with E-state index in [-0.39, 0.29) is 5.56 Å². The molecule has 0 amide bonds. The predicted molar refractivity (Wildman–Crippen MR) is 50.1 cm³/mol. The van der Waals surface area contributed by atoms with Crippen molar-refractivity contribution in [2.24, 2.45) is 0 Å². The molecule has 0 aliphatic heterocycles. The molecule has 0 bridgehead atoms. The monoisotopic (exact) mass is 230 g/mol. The van der Waals surface area contributed by atoms with Crippen LogP contribution in [0, 0.1) is 5.82 Å². The van der Waals surface area contributed by atoms with Crippen LogP contribution in [0.1, 0.15) is 10.4 Å². The second-order valence-corrected chi connectivity index (χ2v) is 2.67. The standard InChI is InChI=1S/C8H8BFO6/c1-14-8(11)5-2-3-6(10)7(4-5)15-9(12)16-13/h2-4,12-13H,1H3. The number of halogens is 1. The zero-order valence-corrected chi connectivity index (χ0v) is 8.21. The van der Waals surface area contributed by atoms with E-state index in [4.69, 9.17) is 10.3 Å². The molecule has 6 nitrogen and oxygen atoms in total. The summed E-state index contributed by atoms with van der Waals surface area (Å²) in [6.07, 6.45) is 0. The lowest BCUT2D eigenvalue weighted by Crippen LogP contribution is -2.25. The summed E-state index contributed by atoms with van der Waals surface area (Å²) >= 11 is 0. The summed E-state index contributed by atoms with van der Waals surface area (Å²) in [7, 11) is -0.875. The Balaban J connectivity index is 2.94. The van der Waals surface area contributed by atoms with Crippen LogP contribution >= 0.6 is 0 Å². The van der Waals surface area contributed by atoms with Crippen molar-refractivity contribution in [3.8, 4) is 5.75 Å². The van der Waals surface area contributed by atoms with Gasteiger partial charge < -0.3 is 14.4 Å². The first-order valence-corrected chi connectivity index (χ1v) is 4.11. The van der Waals surface area contributed by atoms with Gasteiger partial charge in [-0.25, -0.2) is 14.0 Å². The van der Waals surface area contributed by atoms with Gasteiger partial charge in [-0.2, -0.15) is 0 Å². The summed E-state index contributed by atoms with van der Waals surface area (Å²) in [6.45, 7) is 0. The fourth-order valence-electron chi connectivity index (χ4n) is 0.969. The van der Waals surface area contributed by atoms with Crippen molar-refractivity contribution >= 4 is 13.3 Å². The average molecular weight is 230 g/mol. The van der Waals surface area contributed by atoms with Crippen LogP contribution in [-0.2, 0) is 9.54 Å². The Morgan fingerprint density at radius 3 is 2.75 bits per heavy atom. The highest BCUT2D eigenvalue weighted by atomic mass is 19.1. The average Bonchev–Trinajstić information content (AvgIpc) is 2.30. The van der Waals surface area contributed by atoms with Crippen LogP contribution in [0.25, 0.3) is 0 Å². The Labute approximate surface area is 90.3 Å². The number of ether oxygens (including phenoxy) is 1. The minimum absolute atomic E-state index is 0.0315. The molecule has 0 saturated heterocycles. The van der Waals surface area contributed by atoms with Crippen LogP contribution in [0.5, 0.6) is 5.75 Å². The fraction of sp³-hybridized carbons (Fsp3) is 0.125. The highest BCUT2D eigenvalue weighted by Gasteiger charge is 2.21. The number of esters is 1. The maximum absolute atomic E-state index is 13.1. The van der Waals surface area contributed by atoms with E-state index < -0.39 is 24.9 Å². The quantitative estimate of drug-likeness (QED) is 0.338. The van der Waals surface area contributed by atoms with E-state index in [9.17, 15) is 9.18 Å². The lowest BCUT2D eigenvalue weighted by molar-refractivity contribution is -0.171.